The Balaban J connectivity index is 1.87. The first-order valence-electron chi connectivity index (χ1n) is 7.77. The minimum atomic E-state index is -3.44. The molecule has 1 aromatic carbocycles. The number of rotatable bonds is 4. The number of nitrogens with one attached hydrogen (secondary N) is 1. The SMILES string of the molecule is Cc1cc(NS(=O)(=O)N2CCCC2)ccc1-c1cnccc1C. The molecule has 1 fully saturated rings. The van der Waals surface area contributed by atoms with Crippen molar-refractivity contribution in [2.75, 3.05) is 17.8 Å². The van der Waals surface area contributed by atoms with Crippen molar-refractivity contribution in [3.63, 3.8) is 0 Å². The molecule has 1 aliphatic heterocycles. The number of nitrogens with zero attached hydrogens (tertiary/aromatic N) is 2. The Morgan fingerprint density at radius 2 is 1.78 bits per heavy atom. The molecule has 0 saturated carbocycles. The number of pyridine rings is 1. The van der Waals surface area contributed by atoms with Crippen LogP contribution in [0.3, 0.4) is 0 Å². The van der Waals surface area contributed by atoms with E-state index in [1.807, 2.05) is 44.3 Å². The minimum Gasteiger partial charge on any atom is -0.271 e. The van der Waals surface area contributed by atoms with Crippen LogP contribution in [0.1, 0.15) is 24.0 Å². The molecule has 5 nitrogen and oxygen atoms in total. The molecule has 1 aromatic heterocycles. The summed E-state index contributed by atoms with van der Waals surface area (Å²) in [5.74, 6) is 0. The van der Waals surface area contributed by atoms with Crippen molar-refractivity contribution < 1.29 is 8.42 Å². The molecule has 1 aliphatic rings. The van der Waals surface area contributed by atoms with Crippen molar-refractivity contribution in [3.8, 4) is 11.1 Å². The van der Waals surface area contributed by atoms with E-state index < -0.39 is 10.2 Å². The van der Waals surface area contributed by atoms with Gasteiger partial charge in [0.15, 0.2) is 0 Å². The van der Waals surface area contributed by atoms with Crippen LogP contribution in [0.15, 0.2) is 36.7 Å². The maximum absolute atomic E-state index is 12.3. The Morgan fingerprint density at radius 1 is 1.04 bits per heavy atom. The highest BCUT2D eigenvalue weighted by Crippen LogP contribution is 2.28. The largest absolute Gasteiger partial charge is 0.301 e. The Morgan fingerprint density at radius 3 is 2.43 bits per heavy atom. The van der Waals surface area contributed by atoms with E-state index in [1.165, 1.54) is 4.31 Å². The van der Waals surface area contributed by atoms with Gasteiger partial charge in [-0.05, 0) is 61.6 Å². The first-order chi connectivity index (χ1) is 11.0. The van der Waals surface area contributed by atoms with Gasteiger partial charge in [-0.2, -0.15) is 12.7 Å². The fourth-order valence-electron chi connectivity index (χ4n) is 2.92. The summed E-state index contributed by atoms with van der Waals surface area (Å²) in [7, 11) is -3.44. The van der Waals surface area contributed by atoms with Crippen molar-refractivity contribution in [3.05, 3.63) is 47.8 Å². The maximum Gasteiger partial charge on any atom is 0.301 e. The van der Waals surface area contributed by atoms with Crippen molar-refractivity contribution in [1.82, 2.24) is 9.29 Å². The van der Waals surface area contributed by atoms with E-state index in [2.05, 4.69) is 9.71 Å². The van der Waals surface area contributed by atoms with E-state index in [0.29, 0.717) is 18.8 Å². The fraction of sp³-hybridized carbons (Fsp3) is 0.353. The quantitative estimate of drug-likeness (QED) is 0.936. The van der Waals surface area contributed by atoms with Gasteiger partial charge in [-0.15, -0.1) is 0 Å². The zero-order valence-corrected chi connectivity index (χ0v) is 14.2. The normalized spacial score (nSPS) is 15.7. The lowest BCUT2D eigenvalue weighted by atomic mass is 9.98. The molecule has 0 atom stereocenters. The molecule has 23 heavy (non-hydrogen) atoms. The van der Waals surface area contributed by atoms with Crippen molar-refractivity contribution in [1.29, 1.82) is 0 Å². The molecule has 122 valence electrons. The summed E-state index contributed by atoms with van der Waals surface area (Å²) in [4.78, 5) is 4.18. The van der Waals surface area contributed by atoms with Crippen molar-refractivity contribution in [2.24, 2.45) is 0 Å². The molecular formula is C17H21N3O2S. The van der Waals surface area contributed by atoms with Crippen LogP contribution in [-0.4, -0.2) is 30.8 Å². The third-order valence-electron chi connectivity index (χ3n) is 4.21. The minimum absolute atomic E-state index is 0.597. The van der Waals surface area contributed by atoms with Gasteiger partial charge in [0.25, 0.3) is 0 Å². The second-order valence-electron chi connectivity index (χ2n) is 5.93. The molecule has 2 aromatic rings. The lowest BCUT2D eigenvalue weighted by Crippen LogP contribution is -2.33. The Hall–Kier alpha value is -1.92. The van der Waals surface area contributed by atoms with Crippen LogP contribution in [0.4, 0.5) is 5.69 Å². The van der Waals surface area contributed by atoms with Crippen molar-refractivity contribution >= 4 is 15.9 Å². The Kier molecular flexibility index (Phi) is 4.37. The summed E-state index contributed by atoms with van der Waals surface area (Å²) < 4.78 is 28.8. The van der Waals surface area contributed by atoms with E-state index in [9.17, 15) is 8.42 Å². The smallest absolute Gasteiger partial charge is 0.271 e. The summed E-state index contributed by atoms with van der Waals surface area (Å²) in [6.07, 6.45) is 5.47. The maximum atomic E-state index is 12.3. The third kappa shape index (κ3) is 3.38. The second kappa shape index (κ2) is 6.29. The monoisotopic (exact) mass is 331 g/mol. The standard InChI is InChI=1S/C17H21N3O2S/c1-13-7-8-18-12-17(13)16-6-5-15(11-14(16)2)19-23(21,22)20-9-3-4-10-20/h5-8,11-12,19H,3-4,9-10H2,1-2H3. The first-order valence-corrected chi connectivity index (χ1v) is 9.21. The first kappa shape index (κ1) is 16.0. The zero-order chi connectivity index (χ0) is 16.4. The van der Waals surface area contributed by atoms with Gasteiger partial charge in [-0.1, -0.05) is 6.07 Å². The molecule has 0 amide bonds. The molecular weight excluding hydrogens is 310 g/mol. The number of anilines is 1. The average Bonchev–Trinajstić information content (AvgIpc) is 3.03. The predicted molar refractivity (Wildman–Crippen MR) is 92.5 cm³/mol. The van der Waals surface area contributed by atoms with Gasteiger partial charge in [0.05, 0.1) is 5.69 Å². The summed E-state index contributed by atoms with van der Waals surface area (Å²) in [6.45, 7) is 5.22. The second-order valence-corrected chi connectivity index (χ2v) is 7.60. The molecule has 0 spiro atoms. The van der Waals surface area contributed by atoms with Crippen molar-refractivity contribution in [2.45, 2.75) is 26.7 Å². The van der Waals surface area contributed by atoms with E-state index in [0.717, 1.165) is 35.1 Å². The highest BCUT2D eigenvalue weighted by atomic mass is 32.2. The van der Waals surface area contributed by atoms with E-state index >= 15 is 0 Å². The van der Waals surface area contributed by atoms with Crippen LogP contribution in [0, 0.1) is 13.8 Å². The number of benzene rings is 1. The number of hydrogen-bond acceptors (Lipinski definition) is 3. The molecule has 1 N–H and O–H groups in total. The van der Waals surface area contributed by atoms with Crippen LogP contribution < -0.4 is 4.72 Å². The summed E-state index contributed by atoms with van der Waals surface area (Å²) in [5, 5.41) is 0. The van der Waals surface area contributed by atoms with Crippen LogP contribution in [0.5, 0.6) is 0 Å². The zero-order valence-electron chi connectivity index (χ0n) is 13.4. The molecule has 0 unspecified atom stereocenters. The van der Waals surface area contributed by atoms with Gasteiger partial charge in [-0.3, -0.25) is 9.71 Å². The van der Waals surface area contributed by atoms with E-state index in [1.54, 1.807) is 6.20 Å². The summed E-state index contributed by atoms with van der Waals surface area (Å²) >= 11 is 0. The molecule has 2 heterocycles. The molecule has 6 heteroatoms. The van der Waals surface area contributed by atoms with E-state index in [-0.39, 0.29) is 0 Å². The third-order valence-corrected chi connectivity index (χ3v) is 5.75. The molecule has 3 rings (SSSR count). The molecule has 0 aliphatic carbocycles. The number of aryl methyl sites for hydroxylation is 2. The van der Waals surface area contributed by atoms with Gasteiger partial charge >= 0.3 is 10.2 Å². The van der Waals surface area contributed by atoms with Gasteiger partial charge in [-0.25, -0.2) is 0 Å². The number of hydrogen-bond donors (Lipinski definition) is 1. The Bertz CT molecular complexity index is 812. The lowest BCUT2D eigenvalue weighted by molar-refractivity contribution is 0.482. The van der Waals surface area contributed by atoms with Crippen LogP contribution >= 0.6 is 0 Å². The van der Waals surface area contributed by atoms with E-state index in [4.69, 9.17) is 0 Å². The topological polar surface area (TPSA) is 62.3 Å². The lowest BCUT2D eigenvalue weighted by Gasteiger charge is -2.18. The predicted octanol–water partition coefficient (Wildman–Crippen LogP) is 3.12. The highest BCUT2D eigenvalue weighted by Gasteiger charge is 2.25. The van der Waals surface area contributed by atoms with Gasteiger partial charge < -0.3 is 0 Å². The van der Waals surface area contributed by atoms with Crippen LogP contribution in [0.2, 0.25) is 0 Å². The summed E-state index contributed by atoms with van der Waals surface area (Å²) in [6, 6.07) is 7.59. The highest BCUT2D eigenvalue weighted by molar-refractivity contribution is 7.90. The van der Waals surface area contributed by atoms with Gasteiger partial charge in [0.1, 0.15) is 0 Å². The summed E-state index contributed by atoms with van der Waals surface area (Å²) in [5.41, 5.74) is 4.90. The number of aromatic nitrogens is 1. The molecule has 0 bridgehead atoms. The van der Waals surface area contributed by atoms with Crippen LogP contribution in [-0.2, 0) is 10.2 Å². The Labute approximate surface area is 137 Å². The van der Waals surface area contributed by atoms with Gasteiger partial charge in [0.2, 0.25) is 0 Å². The fourth-order valence-corrected chi connectivity index (χ4v) is 4.21. The van der Waals surface area contributed by atoms with Gasteiger partial charge in [0, 0.05) is 31.0 Å². The van der Waals surface area contributed by atoms with Crippen LogP contribution in [0.25, 0.3) is 11.1 Å². The average molecular weight is 331 g/mol. The molecule has 0 radical (unpaired) electrons. The molecule has 1 saturated heterocycles.